The van der Waals surface area contributed by atoms with E-state index in [1.807, 2.05) is 48.0 Å². The molecule has 21 heavy (non-hydrogen) atoms. The lowest BCUT2D eigenvalue weighted by atomic mass is 10.1. The summed E-state index contributed by atoms with van der Waals surface area (Å²) in [6, 6.07) is 11.5. The molecular weight excluding hydrogens is 282 g/mol. The number of anilines is 2. The van der Waals surface area contributed by atoms with Crippen molar-refractivity contribution >= 4 is 39.5 Å². The standard InChI is InChI=1S/C16H15N3OS/c1-2-17-14-9-15(16(20)18-11-7-8-21-10-11)19-13-6-4-3-5-12(13)14/h3-10H,2H2,1H3,(H,17,19)(H,18,20). The van der Waals surface area contributed by atoms with Crippen molar-refractivity contribution in [1.82, 2.24) is 4.98 Å². The van der Waals surface area contributed by atoms with E-state index in [0.29, 0.717) is 5.69 Å². The molecule has 0 spiro atoms. The lowest BCUT2D eigenvalue weighted by Gasteiger charge is -2.10. The fraction of sp³-hybridized carbons (Fsp3) is 0.125. The molecule has 0 saturated carbocycles. The van der Waals surface area contributed by atoms with Crippen molar-refractivity contribution in [1.29, 1.82) is 0 Å². The fourth-order valence-corrected chi connectivity index (χ4v) is 2.75. The number of amides is 1. The Morgan fingerprint density at radius 1 is 1.29 bits per heavy atom. The first-order valence-corrected chi connectivity index (χ1v) is 7.69. The fourth-order valence-electron chi connectivity index (χ4n) is 2.16. The maximum absolute atomic E-state index is 12.3. The number of fused-ring (bicyclic) bond motifs is 1. The van der Waals surface area contributed by atoms with E-state index in [9.17, 15) is 4.79 Å². The average Bonchev–Trinajstić information content (AvgIpc) is 3.00. The van der Waals surface area contributed by atoms with Gasteiger partial charge in [-0.15, -0.1) is 0 Å². The maximum Gasteiger partial charge on any atom is 0.274 e. The van der Waals surface area contributed by atoms with Gasteiger partial charge in [-0.1, -0.05) is 18.2 Å². The molecule has 0 atom stereocenters. The molecule has 5 heteroatoms. The van der Waals surface area contributed by atoms with Crippen molar-refractivity contribution in [3.63, 3.8) is 0 Å². The van der Waals surface area contributed by atoms with Crippen molar-refractivity contribution in [2.24, 2.45) is 0 Å². The van der Waals surface area contributed by atoms with Gasteiger partial charge in [-0.05, 0) is 30.5 Å². The third-order valence-electron chi connectivity index (χ3n) is 3.10. The Bertz CT molecular complexity index is 768. The summed E-state index contributed by atoms with van der Waals surface area (Å²) in [5.74, 6) is -0.196. The molecule has 0 bridgehead atoms. The van der Waals surface area contributed by atoms with Crippen molar-refractivity contribution in [3.8, 4) is 0 Å². The molecule has 0 saturated heterocycles. The van der Waals surface area contributed by atoms with Crippen LogP contribution in [0.1, 0.15) is 17.4 Å². The summed E-state index contributed by atoms with van der Waals surface area (Å²) in [7, 11) is 0. The molecule has 2 heterocycles. The summed E-state index contributed by atoms with van der Waals surface area (Å²) in [6.07, 6.45) is 0. The van der Waals surface area contributed by atoms with Crippen LogP contribution in [-0.4, -0.2) is 17.4 Å². The van der Waals surface area contributed by atoms with Crippen LogP contribution < -0.4 is 10.6 Å². The molecule has 0 fully saturated rings. The highest BCUT2D eigenvalue weighted by Crippen LogP contribution is 2.23. The molecule has 0 aliphatic heterocycles. The molecule has 0 aliphatic rings. The van der Waals surface area contributed by atoms with Crippen LogP contribution in [-0.2, 0) is 0 Å². The second-order valence-electron chi connectivity index (χ2n) is 4.57. The Morgan fingerprint density at radius 2 is 2.14 bits per heavy atom. The first-order chi connectivity index (χ1) is 10.3. The minimum Gasteiger partial charge on any atom is -0.385 e. The van der Waals surface area contributed by atoms with Crippen LogP contribution in [0.4, 0.5) is 11.4 Å². The first-order valence-electron chi connectivity index (χ1n) is 6.75. The summed E-state index contributed by atoms with van der Waals surface area (Å²) in [5.41, 5.74) is 2.95. The van der Waals surface area contributed by atoms with Gasteiger partial charge in [0.1, 0.15) is 5.69 Å². The van der Waals surface area contributed by atoms with E-state index in [1.165, 1.54) is 0 Å². The predicted octanol–water partition coefficient (Wildman–Crippen LogP) is 3.98. The largest absolute Gasteiger partial charge is 0.385 e. The second-order valence-corrected chi connectivity index (χ2v) is 5.35. The van der Waals surface area contributed by atoms with Gasteiger partial charge in [0.2, 0.25) is 0 Å². The minimum atomic E-state index is -0.196. The predicted molar refractivity (Wildman–Crippen MR) is 88.2 cm³/mol. The molecule has 106 valence electrons. The van der Waals surface area contributed by atoms with E-state index in [0.717, 1.165) is 28.8 Å². The maximum atomic E-state index is 12.3. The van der Waals surface area contributed by atoms with Crippen LogP contribution in [0, 0.1) is 0 Å². The van der Waals surface area contributed by atoms with E-state index >= 15 is 0 Å². The monoisotopic (exact) mass is 297 g/mol. The highest BCUT2D eigenvalue weighted by atomic mass is 32.1. The highest BCUT2D eigenvalue weighted by molar-refractivity contribution is 7.08. The number of carbonyl (C=O) groups is 1. The molecule has 4 nitrogen and oxygen atoms in total. The minimum absolute atomic E-state index is 0.196. The third kappa shape index (κ3) is 2.87. The summed E-state index contributed by atoms with van der Waals surface area (Å²) >= 11 is 1.54. The van der Waals surface area contributed by atoms with Gasteiger partial charge in [-0.2, -0.15) is 11.3 Å². The Kier molecular flexibility index (Phi) is 3.83. The Labute approximate surface area is 126 Å². The zero-order valence-corrected chi connectivity index (χ0v) is 12.4. The average molecular weight is 297 g/mol. The summed E-state index contributed by atoms with van der Waals surface area (Å²) in [5, 5.41) is 11.0. The van der Waals surface area contributed by atoms with E-state index in [2.05, 4.69) is 15.6 Å². The topological polar surface area (TPSA) is 54.0 Å². The number of para-hydroxylation sites is 1. The smallest absolute Gasteiger partial charge is 0.274 e. The van der Waals surface area contributed by atoms with Gasteiger partial charge < -0.3 is 10.6 Å². The molecule has 3 rings (SSSR count). The van der Waals surface area contributed by atoms with Crippen LogP contribution in [0.15, 0.2) is 47.2 Å². The molecular formula is C16H15N3OS. The van der Waals surface area contributed by atoms with Gasteiger partial charge in [0, 0.05) is 23.0 Å². The van der Waals surface area contributed by atoms with Crippen molar-refractivity contribution in [2.45, 2.75) is 6.92 Å². The third-order valence-corrected chi connectivity index (χ3v) is 3.78. The number of hydrogen-bond donors (Lipinski definition) is 2. The molecule has 2 aromatic heterocycles. The molecule has 0 aliphatic carbocycles. The Hall–Kier alpha value is -2.40. The van der Waals surface area contributed by atoms with Crippen molar-refractivity contribution < 1.29 is 4.79 Å². The van der Waals surface area contributed by atoms with Gasteiger partial charge in [0.15, 0.2) is 0 Å². The second kappa shape index (κ2) is 5.93. The lowest BCUT2D eigenvalue weighted by Crippen LogP contribution is -2.14. The van der Waals surface area contributed by atoms with Gasteiger partial charge in [-0.3, -0.25) is 4.79 Å². The van der Waals surface area contributed by atoms with Crippen LogP contribution in [0.2, 0.25) is 0 Å². The van der Waals surface area contributed by atoms with E-state index in [1.54, 1.807) is 17.4 Å². The molecule has 0 unspecified atom stereocenters. The van der Waals surface area contributed by atoms with E-state index in [4.69, 9.17) is 0 Å². The lowest BCUT2D eigenvalue weighted by molar-refractivity contribution is 0.102. The number of thiophene rings is 1. The number of hydrogen-bond acceptors (Lipinski definition) is 4. The zero-order chi connectivity index (χ0) is 14.7. The van der Waals surface area contributed by atoms with E-state index in [-0.39, 0.29) is 5.91 Å². The summed E-state index contributed by atoms with van der Waals surface area (Å²) < 4.78 is 0. The number of rotatable bonds is 4. The van der Waals surface area contributed by atoms with Crippen molar-refractivity contribution in [3.05, 3.63) is 52.9 Å². The number of nitrogens with one attached hydrogen (secondary N) is 2. The number of nitrogens with zero attached hydrogens (tertiary/aromatic N) is 1. The quantitative estimate of drug-likeness (QED) is 0.766. The molecule has 0 radical (unpaired) electrons. The van der Waals surface area contributed by atoms with Crippen LogP contribution in [0.3, 0.4) is 0 Å². The Morgan fingerprint density at radius 3 is 2.90 bits per heavy atom. The molecule has 1 aromatic carbocycles. The van der Waals surface area contributed by atoms with Crippen LogP contribution in [0.25, 0.3) is 10.9 Å². The van der Waals surface area contributed by atoms with Gasteiger partial charge in [-0.25, -0.2) is 4.98 Å². The Balaban J connectivity index is 2.00. The van der Waals surface area contributed by atoms with Crippen molar-refractivity contribution in [2.75, 3.05) is 17.2 Å². The summed E-state index contributed by atoms with van der Waals surface area (Å²) in [6.45, 7) is 2.82. The number of carbonyl (C=O) groups excluding carboxylic acids is 1. The zero-order valence-electron chi connectivity index (χ0n) is 11.6. The number of pyridine rings is 1. The highest BCUT2D eigenvalue weighted by Gasteiger charge is 2.12. The van der Waals surface area contributed by atoms with Gasteiger partial charge in [0.05, 0.1) is 11.2 Å². The summed E-state index contributed by atoms with van der Waals surface area (Å²) in [4.78, 5) is 16.8. The van der Waals surface area contributed by atoms with Gasteiger partial charge in [0.25, 0.3) is 5.91 Å². The van der Waals surface area contributed by atoms with Crippen LogP contribution >= 0.6 is 11.3 Å². The number of benzene rings is 1. The number of aromatic nitrogens is 1. The van der Waals surface area contributed by atoms with E-state index < -0.39 is 0 Å². The SMILES string of the molecule is CCNc1cc(C(=O)Nc2ccsc2)nc2ccccc12. The molecule has 1 amide bonds. The molecule has 3 aromatic rings. The first kappa shape index (κ1) is 13.6. The normalized spacial score (nSPS) is 10.5. The van der Waals surface area contributed by atoms with Gasteiger partial charge >= 0.3 is 0 Å². The molecule has 2 N–H and O–H groups in total. The van der Waals surface area contributed by atoms with Crippen LogP contribution in [0.5, 0.6) is 0 Å².